The summed E-state index contributed by atoms with van der Waals surface area (Å²) in [4.78, 5) is 18.0. The maximum absolute atomic E-state index is 11.4. The number of nitrogens with zero attached hydrogens (tertiary/aromatic N) is 2. The number of unbranched alkanes of at least 4 members (excludes halogenated alkanes) is 1. The van der Waals surface area contributed by atoms with Crippen molar-refractivity contribution in [3.63, 3.8) is 0 Å². The maximum Gasteiger partial charge on any atom is 0.305 e. The van der Waals surface area contributed by atoms with Crippen LogP contribution in [-0.2, 0) is 4.79 Å². The van der Waals surface area contributed by atoms with E-state index in [2.05, 4.69) is 26.6 Å². The van der Waals surface area contributed by atoms with Crippen molar-refractivity contribution in [2.24, 2.45) is 0 Å². The molecule has 2 aromatic carbocycles. The third kappa shape index (κ3) is 6.38. The van der Waals surface area contributed by atoms with Gasteiger partial charge in [0.1, 0.15) is 18.2 Å². The maximum atomic E-state index is 11.4. The smallest absolute Gasteiger partial charge is 0.305 e. The predicted octanol–water partition coefficient (Wildman–Crippen LogP) is 4.80. The van der Waals surface area contributed by atoms with E-state index >= 15 is 0 Å². The highest BCUT2D eigenvalue weighted by atomic mass is 16.5. The van der Waals surface area contributed by atoms with Gasteiger partial charge in [0, 0.05) is 31.0 Å². The van der Waals surface area contributed by atoms with E-state index < -0.39 is 5.97 Å². The molecule has 1 unspecified atom stereocenters. The zero-order valence-corrected chi connectivity index (χ0v) is 18.6. The van der Waals surface area contributed by atoms with E-state index in [1.165, 1.54) is 0 Å². The van der Waals surface area contributed by atoms with Crippen molar-refractivity contribution in [1.29, 1.82) is 0 Å². The van der Waals surface area contributed by atoms with E-state index in [4.69, 9.17) is 4.74 Å². The highest BCUT2D eigenvalue weighted by Gasteiger charge is 2.20. The SMILES string of the molecule is O=C(O)CC(Nc1ccc2c(c1)OCCN2CCCCNc1ccccn1)c1ccccc1. The summed E-state index contributed by atoms with van der Waals surface area (Å²) in [5.41, 5.74) is 2.88. The van der Waals surface area contributed by atoms with Gasteiger partial charge < -0.3 is 25.4 Å². The molecule has 1 aromatic heterocycles. The minimum Gasteiger partial charge on any atom is -0.489 e. The van der Waals surface area contributed by atoms with Crippen molar-refractivity contribution in [3.8, 4) is 5.75 Å². The minimum atomic E-state index is -0.839. The first-order valence-electron chi connectivity index (χ1n) is 11.4. The van der Waals surface area contributed by atoms with Crippen LogP contribution in [-0.4, -0.2) is 42.3 Å². The Labute approximate surface area is 194 Å². The van der Waals surface area contributed by atoms with Crippen LogP contribution in [0.25, 0.3) is 0 Å². The van der Waals surface area contributed by atoms with E-state index in [0.29, 0.717) is 6.61 Å². The summed E-state index contributed by atoms with van der Waals surface area (Å²) in [7, 11) is 0. The monoisotopic (exact) mass is 446 g/mol. The predicted molar refractivity (Wildman–Crippen MR) is 131 cm³/mol. The molecule has 0 amide bonds. The van der Waals surface area contributed by atoms with Crippen molar-refractivity contribution in [3.05, 3.63) is 78.5 Å². The average Bonchev–Trinajstić information content (AvgIpc) is 2.84. The number of carbonyl (C=O) groups is 1. The van der Waals surface area contributed by atoms with E-state index in [9.17, 15) is 9.90 Å². The standard InChI is InChI=1S/C26H30N4O3/c31-26(32)19-22(20-8-2-1-3-9-20)29-21-11-12-23-24(18-21)33-17-16-30(23)15-7-6-14-28-25-10-4-5-13-27-25/h1-5,8-13,18,22,29H,6-7,14-17,19H2,(H,27,28)(H,31,32). The second kappa shape index (κ2) is 11.2. The molecule has 0 aliphatic carbocycles. The van der Waals surface area contributed by atoms with Crippen LogP contribution >= 0.6 is 0 Å². The molecule has 4 rings (SSSR count). The number of fused-ring (bicyclic) bond motifs is 1. The molecular formula is C26H30N4O3. The van der Waals surface area contributed by atoms with Gasteiger partial charge in [-0.2, -0.15) is 0 Å². The zero-order valence-electron chi connectivity index (χ0n) is 18.6. The lowest BCUT2D eigenvalue weighted by Crippen LogP contribution is -2.33. The summed E-state index contributed by atoms with van der Waals surface area (Å²) in [6.45, 7) is 3.35. The first-order chi connectivity index (χ1) is 16.2. The van der Waals surface area contributed by atoms with Gasteiger partial charge >= 0.3 is 5.97 Å². The molecule has 0 saturated carbocycles. The van der Waals surface area contributed by atoms with Crippen molar-refractivity contribution < 1.29 is 14.6 Å². The van der Waals surface area contributed by atoms with Crippen LogP contribution in [0, 0.1) is 0 Å². The van der Waals surface area contributed by atoms with Crippen LogP contribution in [0.2, 0.25) is 0 Å². The number of pyridine rings is 1. The first kappa shape index (κ1) is 22.5. The molecule has 3 aromatic rings. The van der Waals surface area contributed by atoms with Crippen LogP contribution < -0.4 is 20.3 Å². The number of benzene rings is 2. The number of hydrogen-bond donors (Lipinski definition) is 3. The summed E-state index contributed by atoms with van der Waals surface area (Å²) in [5.74, 6) is 0.903. The lowest BCUT2D eigenvalue weighted by atomic mass is 10.0. The number of rotatable bonds is 11. The lowest BCUT2D eigenvalue weighted by Gasteiger charge is -2.32. The van der Waals surface area contributed by atoms with Crippen molar-refractivity contribution in [2.45, 2.75) is 25.3 Å². The molecular weight excluding hydrogens is 416 g/mol. The van der Waals surface area contributed by atoms with Gasteiger partial charge in [-0.25, -0.2) is 4.98 Å². The number of anilines is 3. The number of ether oxygens (including phenoxy) is 1. The number of aromatic nitrogens is 1. The molecule has 2 heterocycles. The molecule has 0 fully saturated rings. The minimum absolute atomic E-state index is 0.000612. The van der Waals surface area contributed by atoms with Crippen LogP contribution in [0.3, 0.4) is 0 Å². The van der Waals surface area contributed by atoms with Crippen LogP contribution in [0.5, 0.6) is 5.75 Å². The Kier molecular flexibility index (Phi) is 7.64. The van der Waals surface area contributed by atoms with Crippen LogP contribution in [0.4, 0.5) is 17.2 Å². The van der Waals surface area contributed by atoms with Gasteiger partial charge in [-0.15, -0.1) is 0 Å². The second-order valence-corrected chi connectivity index (χ2v) is 8.07. The van der Waals surface area contributed by atoms with Gasteiger partial charge in [0.25, 0.3) is 0 Å². The Morgan fingerprint density at radius 1 is 1.09 bits per heavy atom. The molecule has 3 N–H and O–H groups in total. The Morgan fingerprint density at radius 2 is 1.94 bits per heavy atom. The molecule has 1 aliphatic heterocycles. The van der Waals surface area contributed by atoms with Gasteiger partial charge in [-0.05, 0) is 42.7 Å². The molecule has 1 atom stereocenters. The molecule has 172 valence electrons. The Bertz CT molecular complexity index is 1030. The summed E-state index contributed by atoms with van der Waals surface area (Å²) in [6.07, 6.45) is 3.91. The van der Waals surface area contributed by atoms with Crippen LogP contribution in [0.15, 0.2) is 72.9 Å². The highest BCUT2D eigenvalue weighted by Crippen LogP contribution is 2.35. The van der Waals surface area contributed by atoms with Gasteiger partial charge in [-0.3, -0.25) is 4.79 Å². The summed E-state index contributed by atoms with van der Waals surface area (Å²) in [6, 6.07) is 21.3. The van der Waals surface area contributed by atoms with Crippen molar-refractivity contribution in [1.82, 2.24) is 4.98 Å². The molecule has 7 nitrogen and oxygen atoms in total. The van der Waals surface area contributed by atoms with Gasteiger partial charge in [0.2, 0.25) is 0 Å². The molecule has 7 heteroatoms. The highest BCUT2D eigenvalue weighted by molar-refractivity contribution is 5.70. The molecule has 0 bridgehead atoms. The number of nitrogens with one attached hydrogen (secondary N) is 2. The Hall–Kier alpha value is -3.74. The Morgan fingerprint density at radius 3 is 2.73 bits per heavy atom. The van der Waals surface area contributed by atoms with E-state index in [-0.39, 0.29) is 12.5 Å². The van der Waals surface area contributed by atoms with Gasteiger partial charge in [0.15, 0.2) is 0 Å². The topological polar surface area (TPSA) is 86.7 Å². The van der Waals surface area contributed by atoms with E-state index in [1.54, 1.807) is 6.20 Å². The number of aliphatic carboxylic acids is 1. The fourth-order valence-corrected chi connectivity index (χ4v) is 4.02. The first-order valence-corrected chi connectivity index (χ1v) is 11.4. The van der Waals surface area contributed by atoms with E-state index in [0.717, 1.165) is 61.0 Å². The fraction of sp³-hybridized carbons (Fsp3) is 0.308. The molecule has 0 spiro atoms. The second-order valence-electron chi connectivity index (χ2n) is 8.07. The third-order valence-electron chi connectivity index (χ3n) is 5.67. The Balaban J connectivity index is 1.34. The van der Waals surface area contributed by atoms with Crippen LogP contribution in [0.1, 0.15) is 30.9 Å². The van der Waals surface area contributed by atoms with Gasteiger partial charge in [0.05, 0.1) is 24.7 Å². The molecule has 1 aliphatic rings. The van der Waals surface area contributed by atoms with Gasteiger partial charge in [-0.1, -0.05) is 36.4 Å². The number of carboxylic acids is 1. The summed E-state index contributed by atoms with van der Waals surface area (Å²) < 4.78 is 5.93. The zero-order chi connectivity index (χ0) is 22.9. The normalized spacial score (nSPS) is 13.5. The lowest BCUT2D eigenvalue weighted by molar-refractivity contribution is -0.137. The largest absolute Gasteiger partial charge is 0.489 e. The van der Waals surface area contributed by atoms with E-state index in [1.807, 2.05) is 60.7 Å². The number of carboxylic acid groups (broad SMARTS) is 1. The fourth-order valence-electron chi connectivity index (χ4n) is 4.02. The van der Waals surface area contributed by atoms with Crippen molar-refractivity contribution in [2.75, 3.05) is 41.8 Å². The van der Waals surface area contributed by atoms with Crippen molar-refractivity contribution >= 4 is 23.2 Å². The third-order valence-corrected chi connectivity index (χ3v) is 5.67. The molecule has 0 saturated heterocycles. The summed E-state index contributed by atoms with van der Waals surface area (Å²) >= 11 is 0. The molecule has 33 heavy (non-hydrogen) atoms. The molecule has 0 radical (unpaired) electrons. The summed E-state index contributed by atoms with van der Waals surface area (Å²) in [5, 5.41) is 16.1. The quantitative estimate of drug-likeness (QED) is 0.365. The number of hydrogen-bond acceptors (Lipinski definition) is 6. The average molecular weight is 447 g/mol.